The quantitative estimate of drug-likeness (QED) is 0.456. The maximum atomic E-state index is 10.9. The van der Waals surface area contributed by atoms with Crippen molar-refractivity contribution in [3.63, 3.8) is 0 Å². The Balaban J connectivity index is 2.86. The summed E-state index contributed by atoms with van der Waals surface area (Å²) in [5.74, 6) is -0.343. The minimum absolute atomic E-state index is 0.0355. The fourth-order valence-corrected chi connectivity index (χ4v) is 1.29. The van der Waals surface area contributed by atoms with Crippen molar-refractivity contribution in [2.24, 2.45) is 0 Å². The van der Waals surface area contributed by atoms with Crippen molar-refractivity contribution < 1.29 is 14.5 Å². The molecule has 0 unspecified atom stereocenters. The van der Waals surface area contributed by atoms with Gasteiger partial charge in [0.25, 0.3) is 5.69 Å². The molecule has 0 aliphatic rings. The summed E-state index contributed by atoms with van der Waals surface area (Å²) in [5.41, 5.74) is 1.67. The van der Waals surface area contributed by atoms with Gasteiger partial charge in [-0.1, -0.05) is 18.2 Å². The Morgan fingerprint density at radius 1 is 1.53 bits per heavy atom. The number of hydrogen-bond donors (Lipinski definition) is 0. The van der Waals surface area contributed by atoms with Crippen molar-refractivity contribution in [1.82, 2.24) is 0 Å². The zero-order chi connectivity index (χ0) is 12.8. The standard InChI is InChI=1S/C12H13NO4/c1-9-6-7-11(13(15)16)8-10(9)4-3-5-12(14)17-2/h3-4,6-8H,5H2,1-2H3. The monoisotopic (exact) mass is 235 g/mol. The summed E-state index contributed by atoms with van der Waals surface area (Å²) in [6.07, 6.45) is 3.45. The molecule has 90 valence electrons. The Morgan fingerprint density at radius 2 is 2.24 bits per heavy atom. The number of carbonyl (C=O) groups is 1. The smallest absolute Gasteiger partial charge is 0.309 e. The van der Waals surface area contributed by atoms with Gasteiger partial charge in [-0.3, -0.25) is 14.9 Å². The summed E-state index contributed by atoms with van der Waals surface area (Å²) in [7, 11) is 1.31. The van der Waals surface area contributed by atoms with Gasteiger partial charge in [-0.05, 0) is 18.1 Å². The predicted molar refractivity (Wildman–Crippen MR) is 63.5 cm³/mol. The van der Waals surface area contributed by atoms with Crippen LogP contribution in [0.4, 0.5) is 5.69 Å². The van der Waals surface area contributed by atoms with Gasteiger partial charge >= 0.3 is 5.97 Å². The molecule has 0 heterocycles. The number of hydrogen-bond acceptors (Lipinski definition) is 4. The van der Waals surface area contributed by atoms with E-state index in [1.54, 1.807) is 18.2 Å². The highest BCUT2D eigenvalue weighted by Gasteiger charge is 2.06. The van der Waals surface area contributed by atoms with Crippen LogP contribution in [0.1, 0.15) is 17.5 Å². The molecule has 1 aromatic rings. The van der Waals surface area contributed by atoms with Crippen LogP contribution in [0.2, 0.25) is 0 Å². The Kier molecular flexibility index (Phi) is 4.39. The number of non-ortho nitro benzene ring substituents is 1. The van der Waals surface area contributed by atoms with Gasteiger partial charge < -0.3 is 4.74 Å². The van der Waals surface area contributed by atoms with Crippen LogP contribution in [-0.2, 0) is 9.53 Å². The largest absolute Gasteiger partial charge is 0.469 e. The second kappa shape index (κ2) is 5.79. The van der Waals surface area contributed by atoms with Crippen molar-refractivity contribution >= 4 is 17.7 Å². The van der Waals surface area contributed by atoms with Crippen LogP contribution in [0.3, 0.4) is 0 Å². The second-order valence-electron chi connectivity index (χ2n) is 3.48. The van der Waals surface area contributed by atoms with Crippen LogP contribution in [-0.4, -0.2) is 18.0 Å². The number of esters is 1. The molecule has 0 fully saturated rings. The van der Waals surface area contributed by atoms with Crippen molar-refractivity contribution in [2.75, 3.05) is 7.11 Å². The van der Waals surface area contributed by atoms with E-state index in [9.17, 15) is 14.9 Å². The molecule has 0 N–H and O–H groups in total. The fraction of sp³-hybridized carbons (Fsp3) is 0.250. The molecule has 0 aliphatic carbocycles. The first-order valence-corrected chi connectivity index (χ1v) is 5.03. The van der Waals surface area contributed by atoms with Crippen LogP contribution < -0.4 is 0 Å². The number of aryl methyl sites for hydroxylation is 1. The number of nitrogens with zero attached hydrogens (tertiary/aromatic N) is 1. The van der Waals surface area contributed by atoms with Gasteiger partial charge in [-0.25, -0.2) is 0 Å². The van der Waals surface area contributed by atoms with Crippen LogP contribution in [0.15, 0.2) is 24.3 Å². The number of benzene rings is 1. The van der Waals surface area contributed by atoms with Gasteiger partial charge in [-0.15, -0.1) is 0 Å². The Labute approximate surface area is 98.9 Å². The lowest BCUT2D eigenvalue weighted by Gasteiger charge is -2.00. The van der Waals surface area contributed by atoms with Gasteiger partial charge in [-0.2, -0.15) is 0 Å². The van der Waals surface area contributed by atoms with E-state index in [1.165, 1.54) is 19.2 Å². The van der Waals surface area contributed by atoms with Gasteiger partial charge in [0, 0.05) is 12.1 Å². The summed E-state index contributed by atoms with van der Waals surface area (Å²) in [6, 6.07) is 4.60. The van der Waals surface area contributed by atoms with E-state index < -0.39 is 4.92 Å². The molecular formula is C12H13NO4. The van der Waals surface area contributed by atoms with Crippen molar-refractivity contribution in [1.29, 1.82) is 0 Å². The molecule has 0 bridgehead atoms. The van der Waals surface area contributed by atoms with Gasteiger partial charge in [0.15, 0.2) is 0 Å². The van der Waals surface area contributed by atoms with Crippen LogP contribution in [0.5, 0.6) is 0 Å². The zero-order valence-corrected chi connectivity index (χ0v) is 9.67. The van der Waals surface area contributed by atoms with E-state index in [0.717, 1.165) is 11.1 Å². The van der Waals surface area contributed by atoms with Gasteiger partial charge in [0.1, 0.15) is 0 Å². The molecule has 0 radical (unpaired) electrons. The molecule has 0 saturated carbocycles. The average molecular weight is 235 g/mol. The molecule has 17 heavy (non-hydrogen) atoms. The topological polar surface area (TPSA) is 69.4 Å². The predicted octanol–water partition coefficient (Wildman–Crippen LogP) is 2.48. The maximum Gasteiger partial charge on any atom is 0.309 e. The number of ether oxygens (including phenoxy) is 1. The first kappa shape index (κ1) is 12.9. The van der Waals surface area contributed by atoms with E-state index in [1.807, 2.05) is 6.92 Å². The summed E-state index contributed by atoms with van der Waals surface area (Å²) in [6.45, 7) is 1.85. The minimum Gasteiger partial charge on any atom is -0.469 e. The molecule has 1 rings (SSSR count). The van der Waals surface area contributed by atoms with E-state index in [4.69, 9.17) is 0 Å². The van der Waals surface area contributed by atoms with Crippen molar-refractivity contribution in [3.05, 3.63) is 45.5 Å². The third kappa shape index (κ3) is 3.71. The normalized spacial score (nSPS) is 10.5. The SMILES string of the molecule is COC(=O)CC=Cc1cc([N+](=O)[O-])ccc1C. The first-order chi connectivity index (χ1) is 8.04. The highest BCUT2D eigenvalue weighted by molar-refractivity contribution is 5.72. The molecule has 1 aromatic carbocycles. The molecule has 5 nitrogen and oxygen atoms in total. The molecule has 0 aromatic heterocycles. The number of nitro groups is 1. The zero-order valence-electron chi connectivity index (χ0n) is 9.67. The highest BCUT2D eigenvalue weighted by Crippen LogP contribution is 2.18. The number of carbonyl (C=O) groups excluding carboxylic acids is 1. The molecule has 0 aliphatic heterocycles. The molecule has 0 spiro atoms. The Bertz CT molecular complexity index is 466. The number of rotatable bonds is 4. The summed E-state index contributed by atoms with van der Waals surface area (Å²) >= 11 is 0. The third-order valence-electron chi connectivity index (χ3n) is 2.28. The minimum atomic E-state index is -0.447. The summed E-state index contributed by atoms with van der Waals surface area (Å²) in [5, 5.41) is 10.6. The van der Waals surface area contributed by atoms with E-state index in [0.29, 0.717) is 0 Å². The van der Waals surface area contributed by atoms with Gasteiger partial charge in [0.2, 0.25) is 0 Å². The maximum absolute atomic E-state index is 10.9. The molecule has 0 amide bonds. The Morgan fingerprint density at radius 3 is 2.82 bits per heavy atom. The van der Waals surface area contributed by atoms with Gasteiger partial charge in [0.05, 0.1) is 18.5 Å². The molecule has 0 atom stereocenters. The molecule has 5 heteroatoms. The van der Waals surface area contributed by atoms with E-state index in [2.05, 4.69) is 4.74 Å². The highest BCUT2D eigenvalue weighted by atomic mass is 16.6. The lowest BCUT2D eigenvalue weighted by atomic mass is 10.1. The first-order valence-electron chi connectivity index (χ1n) is 5.03. The lowest BCUT2D eigenvalue weighted by Crippen LogP contribution is -1.96. The number of methoxy groups -OCH3 is 1. The average Bonchev–Trinajstić information content (AvgIpc) is 2.30. The summed E-state index contributed by atoms with van der Waals surface area (Å²) in [4.78, 5) is 21.0. The molecule has 0 saturated heterocycles. The lowest BCUT2D eigenvalue weighted by molar-refractivity contribution is -0.384. The van der Waals surface area contributed by atoms with Crippen LogP contribution >= 0.6 is 0 Å². The summed E-state index contributed by atoms with van der Waals surface area (Å²) < 4.78 is 4.48. The van der Waals surface area contributed by atoms with E-state index in [-0.39, 0.29) is 18.1 Å². The van der Waals surface area contributed by atoms with Crippen molar-refractivity contribution in [3.8, 4) is 0 Å². The molecular weight excluding hydrogens is 222 g/mol. The van der Waals surface area contributed by atoms with Crippen molar-refractivity contribution in [2.45, 2.75) is 13.3 Å². The second-order valence-corrected chi connectivity index (χ2v) is 3.48. The van der Waals surface area contributed by atoms with E-state index >= 15 is 0 Å². The third-order valence-corrected chi connectivity index (χ3v) is 2.28. The Hall–Kier alpha value is -2.17. The number of nitro benzene ring substituents is 1. The van der Waals surface area contributed by atoms with Crippen LogP contribution in [0.25, 0.3) is 6.08 Å². The van der Waals surface area contributed by atoms with Crippen LogP contribution in [0, 0.1) is 17.0 Å². The fourth-order valence-electron chi connectivity index (χ4n) is 1.29.